The molecule has 6 nitrogen and oxygen atoms in total. The molecule has 4 aromatic carbocycles. The Balaban J connectivity index is 1.50. The van der Waals surface area contributed by atoms with Gasteiger partial charge in [0.2, 0.25) is 0 Å². The molecule has 0 fully saturated rings. The Bertz CT molecular complexity index is 1890. The van der Waals surface area contributed by atoms with Crippen molar-refractivity contribution in [2.75, 3.05) is 10.8 Å². The van der Waals surface area contributed by atoms with Gasteiger partial charge in [-0.25, -0.2) is 20.8 Å². The van der Waals surface area contributed by atoms with Gasteiger partial charge in [-0.15, -0.1) is 0 Å². The molecule has 1 aliphatic rings. The first-order chi connectivity index (χ1) is 18.2. The van der Waals surface area contributed by atoms with E-state index in [1.165, 1.54) is 8.28 Å². The molecule has 6 rings (SSSR count). The van der Waals surface area contributed by atoms with Gasteiger partial charge in [-0.1, -0.05) is 71.8 Å². The minimum atomic E-state index is -3.87. The van der Waals surface area contributed by atoms with Crippen molar-refractivity contribution in [3.63, 3.8) is 0 Å². The van der Waals surface area contributed by atoms with Crippen molar-refractivity contribution in [3.8, 4) is 0 Å². The Morgan fingerprint density at radius 1 is 0.632 bits per heavy atom. The molecule has 1 aromatic heterocycles. The fourth-order valence-electron chi connectivity index (χ4n) is 5.18. The highest BCUT2D eigenvalue weighted by Gasteiger charge is 2.38. The molecule has 192 valence electrons. The van der Waals surface area contributed by atoms with Crippen molar-refractivity contribution in [1.29, 1.82) is 0 Å². The Labute approximate surface area is 222 Å². The second-order valence-electron chi connectivity index (χ2n) is 9.68. The van der Waals surface area contributed by atoms with Gasteiger partial charge < -0.3 is 0 Å². The molecule has 0 saturated heterocycles. The molecule has 8 heteroatoms. The molecule has 1 atom stereocenters. The Morgan fingerprint density at radius 2 is 1.18 bits per heavy atom. The number of fused-ring (bicyclic) bond motifs is 2. The van der Waals surface area contributed by atoms with Gasteiger partial charge >= 0.3 is 0 Å². The van der Waals surface area contributed by atoms with Crippen LogP contribution in [0.1, 0.15) is 28.2 Å². The predicted molar refractivity (Wildman–Crippen MR) is 150 cm³/mol. The number of benzene rings is 4. The minimum Gasteiger partial charge on any atom is -0.265 e. The average Bonchev–Trinajstić information content (AvgIpc) is 3.49. The van der Waals surface area contributed by atoms with E-state index in [1.54, 1.807) is 60.8 Å². The number of hydrogen-bond acceptors (Lipinski definition) is 4. The lowest BCUT2D eigenvalue weighted by atomic mass is 9.93. The summed E-state index contributed by atoms with van der Waals surface area (Å²) < 4.78 is 57.7. The second-order valence-corrected chi connectivity index (χ2v) is 13.4. The Kier molecular flexibility index (Phi) is 5.70. The van der Waals surface area contributed by atoms with Gasteiger partial charge in [-0.05, 0) is 61.4 Å². The van der Waals surface area contributed by atoms with Crippen LogP contribution >= 0.6 is 0 Å². The quantitative estimate of drug-likeness (QED) is 0.280. The van der Waals surface area contributed by atoms with E-state index in [9.17, 15) is 16.8 Å². The molecule has 0 N–H and O–H groups in total. The predicted octanol–water partition coefficient (Wildman–Crippen LogP) is 5.84. The smallest absolute Gasteiger partial charge is 0.265 e. The maximum Gasteiger partial charge on any atom is 0.268 e. The lowest BCUT2D eigenvalue weighted by Gasteiger charge is -2.20. The molecular formula is C30H26N2O4S2. The number of rotatable bonds is 5. The van der Waals surface area contributed by atoms with Gasteiger partial charge in [0.15, 0.2) is 0 Å². The Hall–Kier alpha value is -3.88. The summed E-state index contributed by atoms with van der Waals surface area (Å²) in [5.74, 6) is -0.342. The number of anilines is 1. The van der Waals surface area contributed by atoms with Crippen LogP contribution in [0.15, 0.2) is 113 Å². The van der Waals surface area contributed by atoms with E-state index in [1.807, 2.05) is 56.3 Å². The Morgan fingerprint density at radius 3 is 1.84 bits per heavy atom. The van der Waals surface area contributed by atoms with Crippen molar-refractivity contribution in [1.82, 2.24) is 3.97 Å². The average molecular weight is 543 g/mol. The monoisotopic (exact) mass is 542 g/mol. The zero-order chi connectivity index (χ0) is 26.7. The van der Waals surface area contributed by atoms with Gasteiger partial charge in [0.25, 0.3) is 20.0 Å². The molecule has 0 bridgehead atoms. The summed E-state index contributed by atoms with van der Waals surface area (Å²) >= 11 is 0. The SMILES string of the molecule is Cc1ccc(S(=O)(=O)N2CC(c3cn(S(=O)(=O)c4ccc(C)cc4)c4ccccc34)c3ccccc32)cc1. The summed E-state index contributed by atoms with van der Waals surface area (Å²) in [6.07, 6.45) is 1.66. The maximum atomic E-state index is 13.8. The van der Waals surface area contributed by atoms with Crippen molar-refractivity contribution in [3.05, 3.63) is 126 Å². The summed E-state index contributed by atoms with van der Waals surface area (Å²) in [6.45, 7) is 4.00. The van der Waals surface area contributed by atoms with Crippen LogP contribution in [0.4, 0.5) is 5.69 Å². The van der Waals surface area contributed by atoms with Crippen LogP contribution in [-0.2, 0) is 20.0 Å². The number of sulfonamides is 1. The van der Waals surface area contributed by atoms with Gasteiger partial charge in [-0.3, -0.25) is 4.31 Å². The first-order valence-corrected chi connectivity index (χ1v) is 15.2. The fraction of sp³-hybridized carbons (Fsp3) is 0.133. The summed E-state index contributed by atoms with van der Waals surface area (Å²) in [6, 6.07) is 28.4. The molecular weight excluding hydrogens is 516 g/mol. The summed E-state index contributed by atoms with van der Waals surface area (Å²) in [5.41, 5.74) is 4.73. The fourth-order valence-corrected chi connectivity index (χ4v) is 8.06. The van der Waals surface area contributed by atoms with E-state index in [0.29, 0.717) is 11.2 Å². The van der Waals surface area contributed by atoms with Crippen molar-refractivity contribution in [2.45, 2.75) is 29.6 Å². The van der Waals surface area contributed by atoms with Gasteiger partial charge in [0.05, 0.1) is 21.0 Å². The lowest BCUT2D eigenvalue weighted by molar-refractivity contribution is 0.587. The van der Waals surface area contributed by atoms with E-state index in [-0.39, 0.29) is 22.3 Å². The van der Waals surface area contributed by atoms with E-state index in [0.717, 1.165) is 27.6 Å². The summed E-state index contributed by atoms with van der Waals surface area (Å²) in [4.78, 5) is 0.425. The van der Waals surface area contributed by atoms with Crippen molar-refractivity contribution >= 4 is 36.6 Å². The zero-order valence-electron chi connectivity index (χ0n) is 20.9. The van der Waals surface area contributed by atoms with Crippen LogP contribution < -0.4 is 4.31 Å². The number of aryl methyl sites for hydroxylation is 2. The number of para-hydroxylation sites is 2. The molecule has 1 unspecified atom stereocenters. The van der Waals surface area contributed by atoms with Crippen LogP contribution in [-0.4, -0.2) is 27.4 Å². The third kappa shape index (κ3) is 3.83. The first kappa shape index (κ1) is 24.5. The van der Waals surface area contributed by atoms with Gasteiger partial charge in [0.1, 0.15) is 0 Å². The molecule has 2 heterocycles. The largest absolute Gasteiger partial charge is 0.268 e. The minimum absolute atomic E-state index is 0.175. The molecule has 0 spiro atoms. The number of aromatic nitrogens is 1. The summed E-state index contributed by atoms with van der Waals surface area (Å²) in [7, 11) is -7.70. The van der Waals surface area contributed by atoms with Crippen LogP contribution in [0.5, 0.6) is 0 Å². The van der Waals surface area contributed by atoms with Crippen LogP contribution in [0.3, 0.4) is 0 Å². The van der Waals surface area contributed by atoms with E-state index < -0.39 is 20.0 Å². The molecule has 0 saturated carbocycles. The van der Waals surface area contributed by atoms with E-state index >= 15 is 0 Å². The van der Waals surface area contributed by atoms with E-state index in [4.69, 9.17) is 0 Å². The van der Waals surface area contributed by atoms with Crippen molar-refractivity contribution < 1.29 is 16.8 Å². The maximum absolute atomic E-state index is 13.8. The van der Waals surface area contributed by atoms with Gasteiger partial charge in [-0.2, -0.15) is 0 Å². The number of nitrogens with zero attached hydrogens (tertiary/aromatic N) is 2. The standard InChI is InChI=1S/C30H26N2O4S2/c1-21-11-15-23(16-12-21)37(33,34)31-19-27(25-7-3-5-9-29(25)31)28-20-32(30-10-6-4-8-26(28)30)38(35,36)24-17-13-22(2)14-18-24/h3-19,28H,20H2,1-2H3. The third-order valence-electron chi connectivity index (χ3n) is 7.20. The molecule has 1 aliphatic heterocycles. The summed E-state index contributed by atoms with van der Waals surface area (Å²) in [5, 5.41) is 0.776. The zero-order valence-corrected chi connectivity index (χ0v) is 22.6. The molecule has 0 amide bonds. The topological polar surface area (TPSA) is 76.5 Å². The highest BCUT2D eigenvalue weighted by molar-refractivity contribution is 7.92. The van der Waals surface area contributed by atoms with E-state index in [2.05, 4.69) is 0 Å². The first-order valence-electron chi connectivity index (χ1n) is 12.3. The second kappa shape index (κ2) is 8.85. The number of hydrogen-bond donors (Lipinski definition) is 0. The normalized spacial score (nSPS) is 15.6. The molecule has 0 radical (unpaired) electrons. The van der Waals surface area contributed by atoms with Crippen LogP contribution in [0.25, 0.3) is 10.9 Å². The van der Waals surface area contributed by atoms with Gasteiger partial charge in [0, 0.05) is 24.0 Å². The lowest BCUT2D eigenvalue weighted by Crippen LogP contribution is -2.30. The van der Waals surface area contributed by atoms with Crippen LogP contribution in [0, 0.1) is 13.8 Å². The molecule has 5 aromatic rings. The third-order valence-corrected chi connectivity index (χ3v) is 10.7. The highest BCUT2D eigenvalue weighted by Crippen LogP contribution is 2.45. The van der Waals surface area contributed by atoms with Crippen molar-refractivity contribution in [2.24, 2.45) is 0 Å². The van der Waals surface area contributed by atoms with Crippen LogP contribution in [0.2, 0.25) is 0 Å². The highest BCUT2D eigenvalue weighted by atomic mass is 32.2. The molecule has 38 heavy (non-hydrogen) atoms. The molecule has 0 aliphatic carbocycles.